The van der Waals surface area contributed by atoms with Crippen LogP contribution in [0, 0.1) is 17.7 Å². The second-order valence-corrected chi connectivity index (χ2v) is 7.61. The standard InChI is InChI=1S/C22H19FN8O/c1-3-19(32)30-7-6-14(10-30)31-22-20(21(24)25-11-26-22)16(28-31)5-4-13-8-17-18(9-15(13)23)29(2)12-27-17/h3,8-9,11-12,14H,1,6-7,10H2,2H3,(H2,24,25,26)/t14-/m0/s1. The second kappa shape index (κ2) is 7.46. The molecule has 0 unspecified atom stereocenters. The highest BCUT2D eigenvalue weighted by molar-refractivity contribution is 5.91. The van der Waals surface area contributed by atoms with Gasteiger partial charge in [0.15, 0.2) is 5.65 Å². The molecule has 2 N–H and O–H groups in total. The fourth-order valence-electron chi connectivity index (χ4n) is 3.98. The predicted molar refractivity (Wildman–Crippen MR) is 117 cm³/mol. The molecule has 0 spiro atoms. The molecule has 3 aromatic heterocycles. The maximum Gasteiger partial charge on any atom is 0.246 e. The minimum Gasteiger partial charge on any atom is -0.383 e. The molecule has 1 aliphatic heterocycles. The Hall–Kier alpha value is -4.26. The van der Waals surface area contributed by atoms with Gasteiger partial charge in [0, 0.05) is 26.2 Å². The summed E-state index contributed by atoms with van der Waals surface area (Å²) in [5.74, 6) is 5.45. The maximum absolute atomic E-state index is 14.6. The lowest BCUT2D eigenvalue weighted by atomic mass is 10.1. The summed E-state index contributed by atoms with van der Waals surface area (Å²) in [7, 11) is 1.80. The zero-order valence-corrected chi connectivity index (χ0v) is 17.3. The topological polar surface area (TPSA) is 108 Å². The number of nitrogens with zero attached hydrogens (tertiary/aromatic N) is 7. The lowest BCUT2D eigenvalue weighted by Crippen LogP contribution is -2.27. The average Bonchev–Trinajstić information content (AvgIpc) is 3.50. The van der Waals surface area contributed by atoms with E-state index < -0.39 is 5.82 Å². The van der Waals surface area contributed by atoms with E-state index in [0.29, 0.717) is 47.3 Å². The fraction of sp³-hybridized carbons (Fsp3) is 0.227. The number of rotatable bonds is 2. The van der Waals surface area contributed by atoms with Gasteiger partial charge in [-0.1, -0.05) is 12.5 Å². The summed E-state index contributed by atoms with van der Waals surface area (Å²) in [6.45, 7) is 4.61. The third-order valence-electron chi connectivity index (χ3n) is 5.64. The zero-order chi connectivity index (χ0) is 22.4. The minimum atomic E-state index is -0.448. The molecular weight excluding hydrogens is 411 g/mol. The van der Waals surface area contributed by atoms with E-state index in [2.05, 4.69) is 38.5 Å². The summed E-state index contributed by atoms with van der Waals surface area (Å²) in [5, 5.41) is 5.12. The van der Waals surface area contributed by atoms with Gasteiger partial charge in [0.05, 0.1) is 34.4 Å². The number of anilines is 1. The molecule has 10 heteroatoms. The Morgan fingerprint density at radius 1 is 1.31 bits per heavy atom. The van der Waals surface area contributed by atoms with Crippen molar-refractivity contribution in [2.75, 3.05) is 18.8 Å². The van der Waals surface area contributed by atoms with Crippen molar-refractivity contribution < 1.29 is 9.18 Å². The number of nitrogen functional groups attached to an aromatic ring is 1. The van der Waals surface area contributed by atoms with Crippen LogP contribution in [0.4, 0.5) is 10.2 Å². The van der Waals surface area contributed by atoms with Gasteiger partial charge in [-0.25, -0.2) is 24.0 Å². The number of aryl methyl sites for hydroxylation is 1. The van der Waals surface area contributed by atoms with Crippen LogP contribution in [0.5, 0.6) is 0 Å². The molecule has 0 saturated carbocycles. The van der Waals surface area contributed by atoms with Crippen LogP contribution in [0.3, 0.4) is 0 Å². The number of fused-ring (bicyclic) bond motifs is 2. The van der Waals surface area contributed by atoms with Crippen LogP contribution >= 0.6 is 0 Å². The average molecular weight is 430 g/mol. The van der Waals surface area contributed by atoms with Gasteiger partial charge < -0.3 is 15.2 Å². The number of hydrogen-bond donors (Lipinski definition) is 1. The third-order valence-corrected chi connectivity index (χ3v) is 5.64. The van der Waals surface area contributed by atoms with E-state index in [0.717, 1.165) is 0 Å². The molecule has 32 heavy (non-hydrogen) atoms. The zero-order valence-electron chi connectivity index (χ0n) is 17.3. The summed E-state index contributed by atoms with van der Waals surface area (Å²) in [5.41, 5.74) is 8.52. The van der Waals surface area contributed by atoms with Crippen molar-refractivity contribution in [2.24, 2.45) is 7.05 Å². The predicted octanol–water partition coefficient (Wildman–Crippen LogP) is 1.79. The largest absolute Gasteiger partial charge is 0.383 e. The molecular formula is C22H19FN8O. The van der Waals surface area contributed by atoms with Gasteiger partial charge in [0.2, 0.25) is 5.91 Å². The molecule has 0 radical (unpaired) electrons. The summed E-state index contributed by atoms with van der Waals surface area (Å²) in [6, 6.07) is 2.92. The van der Waals surface area contributed by atoms with Crippen LogP contribution in [-0.4, -0.2) is 53.2 Å². The first-order valence-corrected chi connectivity index (χ1v) is 9.99. The highest BCUT2D eigenvalue weighted by Gasteiger charge is 2.29. The molecule has 160 valence electrons. The van der Waals surface area contributed by atoms with Crippen LogP contribution in [0.15, 0.2) is 37.4 Å². The Morgan fingerprint density at radius 2 is 2.16 bits per heavy atom. The van der Waals surface area contributed by atoms with Crippen molar-refractivity contribution in [3.63, 3.8) is 0 Å². The molecule has 1 fully saturated rings. The molecule has 1 aliphatic rings. The van der Waals surface area contributed by atoms with Gasteiger partial charge in [0.1, 0.15) is 23.7 Å². The molecule has 0 aliphatic carbocycles. The number of imidazole rings is 1. The van der Waals surface area contributed by atoms with Crippen molar-refractivity contribution in [1.82, 2.24) is 34.2 Å². The van der Waals surface area contributed by atoms with Crippen LogP contribution < -0.4 is 5.73 Å². The number of carbonyl (C=O) groups excluding carboxylic acids is 1. The van der Waals surface area contributed by atoms with Crippen LogP contribution in [0.1, 0.15) is 23.7 Å². The summed E-state index contributed by atoms with van der Waals surface area (Å²) < 4.78 is 18.1. The molecule has 5 rings (SSSR count). The van der Waals surface area contributed by atoms with Crippen molar-refractivity contribution in [2.45, 2.75) is 12.5 Å². The lowest BCUT2D eigenvalue weighted by molar-refractivity contribution is -0.125. The number of benzene rings is 1. The van der Waals surface area contributed by atoms with Crippen LogP contribution in [-0.2, 0) is 11.8 Å². The number of carbonyl (C=O) groups is 1. The molecule has 4 heterocycles. The monoisotopic (exact) mass is 430 g/mol. The summed E-state index contributed by atoms with van der Waals surface area (Å²) in [6.07, 6.45) is 4.99. The van der Waals surface area contributed by atoms with Gasteiger partial charge in [-0.3, -0.25) is 4.79 Å². The van der Waals surface area contributed by atoms with Crippen molar-refractivity contribution in [3.05, 3.63) is 54.5 Å². The smallest absolute Gasteiger partial charge is 0.246 e. The van der Waals surface area contributed by atoms with Gasteiger partial charge in [0.25, 0.3) is 0 Å². The molecule has 1 atom stereocenters. The van der Waals surface area contributed by atoms with E-state index in [-0.39, 0.29) is 23.3 Å². The Labute approximate surface area is 182 Å². The lowest BCUT2D eigenvalue weighted by Gasteiger charge is -2.14. The Morgan fingerprint density at radius 3 is 2.97 bits per heavy atom. The molecule has 9 nitrogen and oxygen atoms in total. The number of halogens is 1. The van der Waals surface area contributed by atoms with E-state index in [1.165, 1.54) is 18.5 Å². The first-order chi connectivity index (χ1) is 15.5. The molecule has 1 aromatic carbocycles. The molecule has 1 amide bonds. The number of hydrogen-bond acceptors (Lipinski definition) is 6. The van der Waals surface area contributed by atoms with E-state index in [9.17, 15) is 9.18 Å². The quantitative estimate of drug-likeness (QED) is 0.384. The maximum atomic E-state index is 14.6. The van der Waals surface area contributed by atoms with Gasteiger partial charge in [-0.2, -0.15) is 5.10 Å². The molecule has 0 bridgehead atoms. The van der Waals surface area contributed by atoms with E-state index in [1.54, 1.807) is 33.6 Å². The number of amides is 1. The Bertz CT molecular complexity index is 1460. The third kappa shape index (κ3) is 3.15. The van der Waals surface area contributed by atoms with Gasteiger partial charge in [-0.15, -0.1) is 0 Å². The number of aromatic nitrogens is 6. The normalized spacial score (nSPS) is 15.8. The second-order valence-electron chi connectivity index (χ2n) is 7.61. The van der Waals surface area contributed by atoms with Crippen LogP contribution in [0.2, 0.25) is 0 Å². The van der Waals surface area contributed by atoms with Crippen molar-refractivity contribution in [3.8, 4) is 11.8 Å². The Kier molecular flexibility index (Phi) is 4.59. The Balaban J connectivity index is 1.57. The number of likely N-dealkylation sites (tertiary alicyclic amines) is 1. The first kappa shape index (κ1) is 19.7. The van der Waals surface area contributed by atoms with Gasteiger partial charge in [-0.05, 0) is 24.5 Å². The summed E-state index contributed by atoms with van der Waals surface area (Å²) in [4.78, 5) is 26.3. The van der Waals surface area contributed by atoms with E-state index >= 15 is 0 Å². The first-order valence-electron chi connectivity index (χ1n) is 9.99. The number of nitrogens with two attached hydrogens (primary N) is 1. The minimum absolute atomic E-state index is 0.0899. The van der Waals surface area contributed by atoms with E-state index in [4.69, 9.17) is 5.73 Å². The highest BCUT2D eigenvalue weighted by atomic mass is 19.1. The summed E-state index contributed by atoms with van der Waals surface area (Å²) >= 11 is 0. The van der Waals surface area contributed by atoms with Crippen LogP contribution in [0.25, 0.3) is 22.1 Å². The SMILES string of the molecule is C=CC(=O)N1CC[C@H](n2nc(C#Cc3cc4ncn(C)c4cc3F)c3c(N)ncnc32)C1. The van der Waals surface area contributed by atoms with Crippen molar-refractivity contribution >= 4 is 33.8 Å². The molecule has 4 aromatic rings. The van der Waals surface area contributed by atoms with Gasteiger partial charge >= 0.3 is 0 Å². The van der Waals surface area contributed by atoms with E-state index in [1.807, 2.05) is 0 Å². The van der Waals surface area contributed by atoms with Crippen molar-refractivity contribution in [1.29, 1.82) is 0 Å². The highest BCUT2D eigenvalue weighted by Crippen LogP contribution is 2.28. The molecule has 1 saturated heterocycles. The fourth-order valence-corrected chi connectivity index (χ4v) is 3.98.